The van der Waals surface area contributed by atoms with E-state index in [9.17, 15) is 9.50 Å². The third-order valence-corrected chi connectivity index (χ3v) is 9.99. The van der Waals surface area contributed by atoms with Crippen molar-refractivity contribution in [2.45, 2.75) is 70.9 Å². The Morgan fingerprint density at radius 3 is 2.64 bits per heavy atom. The number of nitrogens with one attached hydrogen (secondary N) is 1. The minimum absolute atomic E-state index is 0.000787. The number of fused-ring (bicyclic) bond motifs is 4. The van der Waals surface area contributed by atoms with Gasteiger partial charge in [-0.25, -0.2) is 13.8 Å². The molecule has 10 heteroatoms. The molecular weight excluding hydrogens is 562 g/mol. The van der Waals surface area contributed by atoms with Crippen LogP contribution in [-0.4, -0.2) is 75.9 Å². The highest BCUT2D eigenvalue weighted by molar-refractivity contribution is 6.02. The molecule has 8 rings (SSSR count). The van der Waals surface area contributed by atoms with Crippen molar-refractivity contribution in [1.29, 1.82) is 0 Å². The number of aryl methyl sites for hydroxylation is 2. The van der Waals surface area contributed by atoms with Crippen molar-refractivity contribution < 1.29 is 18.6 Å². The normalized spacial score (nSPS) is 20.7. The zero-order valence-electron chi connectivity index (χ0n) is 25.7. The number of nitrogens with zero attached hydrogens (tertiary/aromatic N) is 5. The van der Waals surface area contributed by atoms with Crippen LogP contribution in [0.1, 0.15) is 57.2 Å². The average molecular weight is 603 g/mol. The number of pyridine rings is 1. The number of aromatic hydroxyl groups is 1. The second kappa shape index (κ2) is 11.4. The van der Waals surface area contributed by atoms with E-state index >= 15 is 4.39 Å². The molecule has 0 bridgehead atoms. The molecule has 6 heterocycles. The van der Waals surface area contributed by atoms with Crippen LogP contribution >= 0.6 is 0 Å². The summed E-state index contributed by atoms with van der Waals surface area (Å²) in [6, 6.07) is 6.35. The fourth-order valence-corrected chi connectivity index (χ4v) is 7.89. The predicted molar refractivity (Wildman–Crippen MR) is 169 cm³/mol. The molecule has 3 saturated heterocycles. The first kappa shape index (κ1) is 29.1. The average Bonchev–Trinajstić information content (AvgIpc) is 3.58. The van der Waals surface area contributed by atoms with Gasteiger partial charge in [0.2, 0.25) is 0 Å². The number of phenols is 1. The Kier molecular flexibility index (Phi) is 7.53. The van der Waals surface area contributed by atoms with Gasteiger partial charge in [0.25, 0.3) is 0 Å². The summed E-state index contributed by atoms with van der Waals surface area (Å²) in [4.78, 5) is 19.3. The first-order valence-electron chi connectivity index (χ1n) is 16.1. The number of hydrogen-bond acceptors (Lipinski definition) is 8. The maximum absolute atomic E-state index is 16.8. The highest BCUT2D eigenvalue weighted by Gasteiger charge is 2.45. The fraction of sp³-hybridized carbons (Fsp3) is 0.500. The molecule has 1 unspecified atom stereocenters. The van der Waals surface area contributed by atoms with E-state index in [2.05, 4.69) is 15.1 Å². The molecule has 0 spiro atoms. The van der Waals surface area contributed by atoms with Crippen LogP contribution in [0.4, 0.5) is 14.6 Å². The van der Waals surface area contributed by atoms with Gasteiger partial charge < -0.3 is 20.1 Å². The number of ether oxygens (including phenoxy) is 1. The molecule has 0 radical (unpaired) electrons. The van der Waals surface area contributed by atoms with E-state index in [-0.39, 0.29) is 34.6 Å². The minimum Gasteiger partial charge on any atom is -0.508 e. The Morgan fingerprint density at radius 1 is 1.05 bits per heavy atom. The van der Waals surface area contributed by atoms with E-state index in [4.69, 9.17) is 19.7 Å². The molecule has 4 aliphatic heterocycles. The van der Waals surface area contributed by atoms with Crippen LogP contribution in [0.2, 0.25) is 0 Å². The number of piperazine rings is 1. The second-order valence-corrected chi connectivity index (χ2v) is 12.3. The highest BCUT2D eigenvalue weighted by Crippen LogP contribution is 2.43. The van der Waals surface area contributed by atoms with E-state index in [0.717, 1.165) is 64.8 Å². The van der Waals surface area contributed by atoms with Gasteiger partial charge in [0.15, 0.2) is 5.82 Å². The summed E-state index contributed by atoms with van der Waals surface area (Å²) in [5.74, 6) is -0.385. The number of rotatable bonds is 4. The van der Waals surface area contributed by atoms with Crippen molar-refractivity contribution in [2.24, 2.45) is 0 Å². The lowest BCUT2D eigenvalue weighted by atomic mass is 9.95. The highest BCUT2D eigenvalue weighted by atomic mass is 19.1. The van der Waals surface area contributed by atoms with Crippen molar-refractivity contribution in [1.82, 2.24) is 25.2 Å². The molecule has 2 aromatic heterocycles. The fourth-order valence-electron chi connectivity index (χ4n) is 7.89. The lowest BCUT2D eigenvalue weighted by molar-refractivity contribution is 0.108. The Balaban J connectivity index is 0.00000153. The second-order valence-electron chi connectivity index (χ2n) is 12.3. The molecule has 8 nitrogen and oxygen atoms in total. The molecule has 2 N–H and O–H groups in total. The van der Waals surface area contributed by atoms with Gasteiger partial charge in [-0.1, -0.05) is 19.9 Å². The summed E-state index contributed by atoms with van der Waals surface area (Å²) in [6.45, 7) is 10.7. The van der Waals surface area contributed by atoms with Crippen molar-refractivity contribution in [3.8, 4) is 23.0 Å². The number of benzene rings is 2. The van der Waals surface area contributed by atoms with Gasteiger partial charge in [0.05, 0.1) is 16.6 Å². The quantitative estimate of drug-likeness (QED) is 0.299. The topological polar surface area (TPSA) is 86.6 Å². The molecular formula is C34H40F2N6O2. The van der Waals surface area contributed by atoms with Gasteiger partial charge >= 0.3 is 6.01 Å². The van der Waals surface area contributed by atoms with Gasteiger partial charge in [-0.2, -0.15) is 9.97 Å². The van der Waals surface area contributed by atoms with Crippen LogP contribution < -0.4 is 15.0 Å². The number of anilines is 1. The molecule has 2 aromatic carbocycles. The summed E-state index contributed by atoms with van der Waals surface area (Å²) >= 11 is 0. The zero-order valence-corrected chi connectivity index (χ0v) is 25.7. The van der Waals surface area contributed by atoms with E-state index in [1.54, 1.807) is 19.1 Å². The molecule has 0 amide bonds. The molecule has 4 aliphatic rings. The SMILES string of the molecule is CC.Cc1c(F)ccc2cc(O)cc(-c3nc4c5c(nc(OCC67CCCN6CCC7)nc5c3F)N3CCNCC3CC4)c12. The first-order valence-corrected chi connectivity index (χ1v) is 16.1. The van der Waals surface area contributed by atoms with E-state index < -0.39 is 11.6 Å². The van der Waals surface area contributed by atoms with Gasteiger partial charge in [-0.15, -0.1) is 0 Å². The number of aromatic nitrogens is 3. The Hall–Kier alpha value is -3.63. The van der Waals surface area contributed by atoms with E-state index in [1.807, 2.05) is 13.8 Å². The van der Waals surface area contributed by atoms with Crippen molar-refractivity contribution in [3.63, 3.8) is 0 Å². The van der Waals surface area contributed by atoms with Gasteiger partial charge in [-0.3, -0.25) is 4.90 Å². The van der Waals surface area contributed by atoms with Crippen molar-refractivity contribution in [2.75, 3.05) is 44.2 Å². The van der Waals surface area contributed by atoms with Crippen LogP contribution in [0.5, 0.6) is 11.8 Å². The number of hydrogen-bond donors (Lipinski definition) is 2. The molecule has 44 heavy (non-hydrogen) atoms. The smallest absolute Gasteiger partial charge is 0.319 e. The summed E-state index contributed by atoms with van der Waals surface area (Å²) < 4.78 is 38.0. The molecule has 0 aliphatic carbocycles. The Labute approximate surface area is 256 Å². The van der Waals surface area contributed by atoms with Gasteiger partial charge in [0.1, 0.15) is 35.2 Å². The monoisotopic (exact) mass is 602 g/mol. The molecule has 1 atom stereocenters. The summed E-state index contributed by atoms with van der Waals surface area (Å²) in [5.41, 5.74) is 1.64. The zero-order chi connectivity index (χ0) is 30.6. The third-order valence-electron chi connectivity index (χ3n) is 9.99. The standard InChI is InChI=1S/C32H34F2N6O2.C2H6/c1-18-23(33)6-4-19-14-21(41)15-22(25(18)19)28-27(34)29-26-24(36-28)7-5-20-16-35-10-13-40(20)30(26)38-31(37-29)42-17-32-8-2-11-39(32)12-3-9-32;1-2/h4,6,14-15,20,35,41H,2-3,5,7-13,16-17H2,1H3;1-2H3. The Bertz CT molecular complexity index is 1740. The molecule has 232 valence electrons. The minimum atomic E-state index is -0.618. The van der Waals surface area contributed by atoms with Gasteiger partial charge in [-0.05, 0) is 93.1 Å². The summed E-state index contributed by atoms with van der Waals surface area (Å²) in [6.07, 6.45) is 5.91. The number of halogens is 2. The van der Waals surface area contributed by atoms with Gasteiger partial charge in [0, 0.05) is 31.2 Å². The molecule has 0 saturated carbocycles. The summed E-state index contributed by atoms with van der Waals surface area (Å²) in [7, 11) is 0. The van der Waals surface area contributed by atoms with Crippen molar-refractivity contribution >= 4 is 27.5 Å². The van der Waals surface area contributed by atoms with Crippen LogP contribution in [0.15, 0.2) is 24.3 Å². The van der Waals surface area contributed by atoms with Crippen LogP contribution in [0, 0.1) is 18.6 Å². The maximum Gasteiger partial charge on any atom is 0.319 e. The molecule has 4 aromatic rings. The third kappa shape index (κ3) is 4.65. The lowest BCUT2D eigenvalue weighted by Gasteiger charge is -2.36. The van der Waals surface area contributed by atoms with Crippen LogP contribution in [0.3, 0.4) is 0 Å². The number of phenolic OH excluding ortho intramolecular Hbond substituents is 1. The summed E-state index contributed by atoms with van der Waals surface area (Å²) in [5, 5.41) is 15.8. The van der Waals surface area contributed by atoms with Crippen LogP contribution in [-0.2, 0) is 6.42 Å². The van der Waals surface area contributed by atoms with Crippen molar-refractivity contribution in [3.05, 3.63) is 47.2 Å². The lowest BCUT2D eigenvalue weighted by Crippen LogP contribution is -2.51. The van der Waals surface area contributed by atoms with Crippen LogP contribution in [0.25, 0.3) is 32.9 Å². The maximum atomic E-state index is 16.8. The predicted octanol–water partition coefficient (Wildman–Crippen LogP) is 5.90. The Morgan fingerprint density at radius 2 is 1.84 bits per heavy atom. The largest absolute Gasteiger partial charge is 0.508 e. The first-order chi connectivity index (χ1) is 21.4. The molecule has 3 fully saturated rings. The van der Waals surface area contributed by atoms with E-state index in [0.29, 0.717) is 51.8 Å². The van der Waals surface area contributed by atoms with E-state index in [1.165, 1.54) is 12.1 Å².